The molecule has 2 fully saturated rings. The number of benzene rings is 3. The van der Waals surface area contributed by atoms with Crippen LogP contribution in [0.1, 0.15) is 102 Å². The number of carbonyl (C=O) groups excluding carboxylic acids is 2. The smallest absolute Gasteiger partial charge is 0.408 e. The van der Waals surface area contributed by atoms with Crippen LogP contribution in [0.15, 0.2) is 91.0 Å². The number of carboxylic acids is 1. The van der Waals surface area contributed by atoms with Gasteiger partial charge in [-0.1, -0.05) is 104 Å². The summed E-state index contributed by atoms with van der Waals surface area (Å²) in [7, 11) is 0. The van der Waals surface area contributed by atoms with Crippen molar-refractivity contribution in [3.8, 4) is 0 Å². The van der Waals surface area contributed by atoms with Gasteiger partial charge >= 0.3 is 6.09 Å². The van der Waals surface area contributed by atoms with Gasteiger partial charge in [-0.05, 0) is 88.8 Å². The number of nitrogens with two attached hydrogens (primary N) is 1. The lowest BCUT2D eigenvalue weighted by atomic mass is 9.84. The van der Waals surface area contributed by atoms with Gasteiger partial charge in [0, 0.05) is 5.75 Å². The number of alkyl carbamates (subject to hydrolysis) is 1. The van der Waals surface area contributed by atoms with Crippen molar-refractivity contribution in [3.05, 3.63) is 108 Å². The van der Waals surface area contributed by atoms with Gasteiger partial charge in [-0.2, -0.15) is 0 Å². The molecule has 1 amide bonds. The average Bonchev–Trinajstić information content (AvgIpc) is 3.06. The van der Waals surface area contributed by atoms with Gasteiger partial charge in [0.1, 0.15) is 5.60 Å². The number of quaternary nitrogens is 1. The third-order valence-corrected chi connectivity index (χ3v) is 10.5. The molecule has 0 spiro atoms. The first-order valence-corrected chi connectivity index (χ1v) is 18.0. The van der Waals surface area contributed by atoms with E-state index in [1.165, 1.54) is 76.0 Å². The third kappa shape index (κ3) is 10.6. The normalized spacial score (nSPS) is 16.8. The summed E-state index contributed by atoms with van der Waals surface area (Å²) < 4.78 is 4.55. The van der Waals surface area contributed by atoms with Crippen molar-refractivity contribution in [2.45, 2.75) is 113 Å². The number of ether oxygens (including phenoxy) is 1. The van der Waals surface area contributed by atoms with E-state index < -0.39 is 28.5 Å². The molecule has 46 heavy (non-hydrogen) atoms. The minimum Gasteiger partial charge on any atom is -0.548 e. The summed E-state index contributed by atoms with van der Waals surface area (Å²) in [6, 6.07) is 30.6. The van der Waals surface area contributed by atoms with Crippen molar-refractivity contribution in [2.75, 3.05) is 5.75 Å². The van der Waals surface area contributed by atoms with Gasteiger partial charge < -0.3 is 25.3 Å². The fraction of sp³-hybridized carbons (Fsp3) is 0.487. The summed E-state index contributed by atoms with van der Waals surface area (Å²) in [5, 5.41) is 17.1. The van der Waals surface area contributed by atoms with Crippen LogP contribution in [0.2, 0.25) is 0 Å². The minimum absolute atomic E-state index is 0.0697. The third-order valence-electron chi connectivity index (χ3n) is 8.83. The molecule has 3 N–H and O–H groups in total. The van der Waals surface area contributed by atoms with E-state index in [1.807, 2.05) is 91.0 Å². The first kappa shape index (κ1) is 35.6. The standard InChI is InChI=1S/C27H29NO4S.C12H23N/c1-26(2,3)32-25(31)28-23(24(29)30)19-33-27(20-13-7-4-8-14-20,21-15-9-5-10-16-21)22-17-11-6-12-18-22;1-3-7-11(8-4-1)13-12-9-5-2-6-10-12/h4-18,23H,19H2,1-3H3,(H,28,31)(H,29,30);11-13H,1-10H2/t23-;/m0./s1. The fourth-order valence-corrected chi connectivity index (χ4v) is 8.18. The summed E-state index contributed by atoms with van der Waals surface area (Å²) in [6.07, 6.45) is 14.2. The van der Waals surface area contributed by atoms with E-state index in [0.717, 1.165) is 28.8 Å². The average molecular weight is 645 g/mol. The molecule has 7 heteroatoms. The molecule has 0 aliphatic heterocycles. The van der Waals surface area contributed by atoms with Crippen molar-refractivity contribution in [3.63, 3.8) is 0 Å². The zero-order valence-corrected chi connectivity index (χ0v) is 28.6. The number of thioether (sulfide) groups is 1. The molecule has 3 aromatic carbocycles. The van der Waals surface area contributed by atoms with Crippen LogP contribution in [0.4, 0.5) is 4.79 Å². The number of nitrogens with one attached hydrogen (secondary N) is 1. The molecule has 2 aliphatic carbocycles. The van der Waals surface area contributed by atoms with Crippen LogP contribution < -0.4 is 15.7 Å². The highest BCUT2D eigenvalue weighted by Crippen LogP contribution is 2.48. The van der Waals surface area contributed by atoms with Crippen molar-refractivity contribution in [1.29, 1.82) is 0 Å². The minimum atomic E-state index is -1.36. The summed E-state index contributed by atoms with van der Waals surface area (Å²) in [4.78, 5) is 24.2. The second-order valence-corrected chi connectivity index (χ2v) is 14.8. The van der Waals surface area contributed by atoms with Gasteiger partial charge in [0.25, 0.3) is 0 Å². The molecule has 0 aromatic heterocycles. The van der Waals surface area contributed by atoms with Crippen LogP contribution in [0.5, 0.6) is 0 Å². The maximum Gasteiger partial charge on any atom is 0.408 e. The van der Waals surface area contributed by atoms with Crippen molar-refractivity contribution in [2.24, 2.45) is 0 Å². The number of aliphatic carboxylic acids is 1. The predicted octanol–water partition coefficient (Wildman–Crippen LogP) is 6.57. The summed E-state index contributed by atoms with van der Waals surface area (Å²) in [5.41, 5.74) is 2.26. The lowest BCUT2D eigenvalue weighted by Gasteiger charge is -2.37. The topological polar surface area (TPSA) is 95.1 Å². The second kappa shape index (κ2) is 17.6. The molecule has 5 rings (SSSR count). The molecular weight excluding hydrogens is 593 g/mol. The van der Waals surface area contributed by atoms with E-state index in [9.17, 15) is 14.7 Å². The zero-order chi connectivity index (χ0) is 32.8. The molecule has 3 aromatic rings. The van der Waals surface area contributed by atoms with E-state index >= 15 is 0 Å². The van der Waals surface area contributed by atoms with Crippen molar-refractivity contribution >= 4 is 23.8 Å². The number of amides is 1. The lowest BCUT2D eigenvalue weighted by molar-refractivity contribution is -0.725. The van der Waals surface area contributed by atoms with Gasteiger partial charge in [0.15, 0.2) is 0 Å². The molecule has 1 atom stereocenters. The molecule has 248 valence electrons. The van der Waals surface area contributed by atoms with Crippen LogP contribution >= 0.6 is 11.8 Å². The Labute approximate surface area is 280 Å². The van der Waals surface area contributed by atoms with Gasteiger partial charge in [0.2, 0.25) is 0 Å². The molecule has 2 aliphatic rings. The molecule has 0 radical (unpaired) electrons. The molecule has 0 saturated heterocycles. The van der Waals surface area contributed by atoms with E-state index in [0.29, 0.717) is 0 Å². The zero-order valence-electron chi connectivity index (χ0n) is 27.8. The quantitative estimate of drug-likeness (QED) is 0.244. The molecule has 0 unspecified atom stereocenters. The lowest BCUT2D eigenvalue weighted by Crippen LogP contribution is -2.95. The van der Waals surface area contributed by atoms with Gasteiger partial charge in [-0.25, -0.2) is 4.79 Å². The Balaban J connectivity index is 0.000000305. The van der Waals surface area contributed by atoms with Gasteiger partial charge in [0.05, 0.1) is 28.8 Å². The molecule has 2 saturated carbocycles. The Morgan fingerprint density at radius 1 is 0.739 bits per heavy atom. The second-order valence-electron chi connectivity index (χ2n) is 13.6. The summed E-state index contributed by atoms with van der Waals surface area (Å²) >= 11 is 1.43. The van der Waals surface area contributed by atoms with Crippen LogP contribution in [-0.4, -0.2) is 41.5 Å². The molecule has 6 nitrogen and oxygen atoms in total. The highest BCUT2D eigenvalue weighted by atomic mass is 32.2. The fourth-order valence-electron chi connectivity index (χ4n) is 6.63. The van der Waals surface area contributed by atoms with Crippen LogP contribution in [0.3, 0.4) is 0 Å². The van der Waals surface area contributed by atoms with Gasteiger partial charge in [-0.3, -0.25) is 0 Å². The molecule has 0 heterocycles. The molecular formula is C39H52N2O4S. The maximum atomic E-state index is 12.3. The Morgan fingerprint density at radius 3 is 1.48 bits per heavy atom. The Hall–Kier alpha value is -3.29. The first-order valence-electron chi connectivity index (χ1n) is 17.0. The summed E-state index contributed by atoms with van der Waals surface area (Å²) in [5.74, 6) is -1.29. The van der Waals surface area contributed by atoms with E-state index in [-0.39, 0.29) is 5.75 Å². The van der Waals surface area contributed by atoms with Crippen LogP contribution in [0, 0.1) is 0 Å². The largest absolute Gasteiger partial charge is 0.548 e. The number of carbonyl (C=O) groups is 2. The SMILES string of the molecule is C1CCC([NH2+]C2CCCCC2)CC1.CC(C)(C)OC(=O)N[C@@H](CSC(c1ccccc1)(c1ccccc1)c1ccccc1)C(=O)[O-]. The monoisotopic (exact) mass is 644 g/mol. The Bertz CT molecular complexity index is 1210. The number of hydrogen-bond acceptors (Lipinski definition) is 5. The number of hydrogen-bond donors (Lipinski definition) is 2. The Kier molecular flexibility index (Phi) is 13.6. The number of carboxylic acid groups (broad SMARTS) is 1. The number of rotatable bonds is 10. The van der Waals surface area contributed by atoms with Crippen molar-refractivity contribution in [1.82, 2.24) is 5.32 Å². The Morgan fingerprint density at radius 2 is 1.13 bits per heavy atom. The van der Waals surface area contributed by atoms with Crippen LogP contribution in [0.25, 0.3) is 0 Å². The van der Waals surface area contributed by atoms with E-state index in [2.05, 4.69) is 10.6 Å². The highest BCUT2D eigenvalue weighted by molar-refractivity contribution is 8.00. The maximum absolute atomic E-state index is 12.3. The van der Waals surface area contributed by atoms with Crippen LogP contribution in [-0.2, 0) is 14.3 Å². The first-order chi connectivity index (χ1) is 22.2. The highest BCUT2D eigenvalue weighted by Gasteiger charge is 2.38. The van der Waals surface area contributed by atoms with Gasteiger partial charge in [-0.15, -0.1) is 11.8 Å². The van der Waals surface area contributed by atoms with E-state index in [1.54, 1.807) is 20.8 Å². The molecule has 0 bridgehead atoms. The summed E-state index contributed by atoms with van der Waals surface area (Å²) in [6.45, 7) is 5.17. The van der Waals surface area contributed by atoms with E-state index in [4.69, 9.17) is 4.74 Å². The van der Waals surface area contributed by atoms with Crippen molar-refractivity contribution < 1.29 is 24.7 Å². The predicted molar refractivity (Wildman–Crippen MR) is 186 cm³/mol.